The van der Waals surface area contributed by atoms with Gasteiger partial charge in [-0.2, -0.15) is 0 Å². The molecular formula is C25H29FN4O3. The molecule has 33 heavy (non-hydrogen) atoms. The van der Waals surface area contributed by atoms with E-state index in [1.54, 1.807) is 12.1 Å². The van der Waals surface area contributed by atoms with Crippen molar-refractivity contribution in [3.63, 3.8) is 0 Å². The lowest BCUT2D eigenvalue weighted by Gasteiger charge is -2.34. The summed E-state index contributed by atoms with van der Waals surface area (Å²) in [6, 6.07) is 11.2. The average molecular weight is 453 g/mol. The van der Waals surface area contributed by atoms with Crippen LogP contribution >= 0.6 is 0 Å². The fraction of sp³-hybridized carbons (Fsp3) is 0.440. The predicted molar refractivity (Wildman–Crippen MR) is 121 cm³/mol. The van der Waals surface area contributed by atoms with Crippen molar-refractivity contribution in [2.24, 2.45) is 5.92 Å². The first-order chi connectivity index (χ1) is 15.8. The molecule has 4 rings (SSSR count). The molecule has 2 fully saturated rings. The number of pyridine rings is 1. The van der Waals surface area contributed by atoms with E-state index >= 15 is 0 Å². The number of hydrogen-bond donors (Lipinski definition) is 1. The third-order valence-corrected chi connectivity index (χ3v) is 6.55. The lowest BCUT2D eigenvalue weighted by molar-refractivity contribution is -0.145. The Kier molecular flexibility index (Phi) is 6.72. The Morgan fingerprint density at radius 2 is 1.88 bits per heavy atom. The van der Waals surface area contributed by atoms with Crippen LogP contribution in [-0.2, 0) is 20.8 Å². The Morgan fingerprint density at radius 1 is 1.12 bits per heavy atom. The van der Waals surface area contributed by atoms with Gasteiger partial charge in [-0.3, -0.25) is 19.4 Å². The van der Waals surface area contributed by atoms with Crippen LogP contribution in [0, 0.1) is 11.7 Å². The highest BCUT2D eigenvalue weighted by Gasteiger charge is 2.42. The van der Waals surface area contributed by atoms with Crippen LogP contribution in [0.1, 0.15) is 31.4 Å². The van der Waals surface area contributed by atoms with Gasteiger partial charge in [0.05, 0.1) is 17.8 Å². The molecule has 1 aliphatic carbocycles. The number of nitrogens with zero attached hydrogens (tertiary/aromatic N) is 3. The second kappa shape index (κ2) is 9.68. The number of nitrogens with one attached hydrogen (secondary N) is 1. The van der Waals surface area contributed by atoms with Gasteiger partial charge in [0.25, 0.3) is 0 Å². The van der Waals surface area contributed by atoms with E-state index in [1.807, 2.05) is 23.1 Å². The lowest BCUT2D eigenvalue weighted by Crippen LogP contribution is -2.52. The van der Waals surface area contributed by atoms with Crippen molar-refractivity contribution in [1.29, 1.82) is 0 Å². The number of hydrogen-bond acceptors (Lipinski definition) is 4. The molecule has 2 aromatic rings. The Balaban J connectivity index is 1.57. The molecule has 2 heterocycles. The summed E-state index contributed by atoms with van der Waals surface area (Å²) in [5, 5.41) is 2.84. The van der Waals surface area contributed by atoms with Gasteiger partial charge in [0.15, 0.2) is 0 Å². The normalized spacial score (nSPS) is 20.3. The molecule has 0 radical (unpaired) electrons. The minimum Gasteiger partial charge on any atom is -0.343 e. The SMILES string of the molecule is CN(C)C(=O)C(=O)N[C@H]1CCN(C(=O)C2CCC2)[C@H]1Cc1cccc(-c2cccc(F)c2)n1. The Labute approximate surface area is 193 Å². The van der Waals surface area contributed by atoms with Crippen LogP contribution < -0.4 is 5.32 Å². The zero-order valence-electron chi connectivity index (χ0n) is 19.0. The minimum atomic E-state index is -0.672. The molecule has 0 bridgehead atoms. The molecule has 0 spiro atoms. The number of carbonyl (C=O) groups is 3. The fourth-order valence-corrected chi connectivity index (χ4v) is 4.49. The Hall–Kier alpha value is -3.29. The van der Waals surface area contributed by atoms with Gasteiger partial charge in [-0.1, -0.05) is 24.6 Å². The zero-order chi connectivity index (χ0) is 23.5. The number of rotatable bonds is 5. The number of carbonyl (C=O) groups excluding carboxylic acids is 3. The average Bonchev–Trinajstić information content (AvgIpc) is 3.14. The molecule has 174 valence electrons. The summed E-state index contributed by atoms with van der Waals surface area (Å²) in [5.74, 6) is -1.47. The Bertz CT molecular complexity index is 1050. The van der Waals surface area contributed by atoms with Crippen molar-refractivity contribution >= 4 is 17.7 Å². The smallest absolute Gasteiger partial charge is 0.311 e. The maximum atomic E-state index is 13.7. The highest BCUT2D eigenvalue weighted by Crippen LogP contribution is 2.32. The van der Waals surface area contributed by atoms with Gasteiger partial charge in [0.1, 0.15) is 5.82 Å². The van der Waals surface area contributed by atoms with Crippen molar-refractivity contribution < 1.29 is 18.8 Å². The van der Waals surface area contributed by atoms with Crippen LogP contribution in [0.4, 0.5) is 4.39 Å². The summed E-state index contributed by atoms with van der Waals surface area (Å²) in [6.45, 7) is 0.532. The molecule has 0 unspecified atom stereocenters. The molecule has 1 N–H and O–H groups in total. The van der Waals surface area contributed by atoms with Crippen LogP contribution in [0.15, 0.2) is 42.5 Å². The molecule has 7 nitrogen and oxygen atoms in total. The van der Waals surface area contributed by atoms with Gasteiger partial charge in [-0.15, -0.1) is 0 Å². The van der Waals surface area contributed by atoms with Crippen LogP contribution in [0.3, 0.4) is 0 Å². The standard InChI is InChI=1S/C25H29FN4O3/c1-29(2)25(33)23(31)28-21-12-13-30(24(32)16-6-3-7-16)22(21)15-19-10-5-11-20(27-19)17-8-4-9-18(26)14-17/h4-5,8-11,14,16,21-22H,3,6-7,12-13,15H2,1-2H3,(H,28,31)/t21-,22-/m0/s1. The van der Waals surface area contributed by atoms with Crippen molar-refractivity contribution in [3.05, 3.63) is 54.0 Å². The Morgan fingerprint density at radius 3 is 2.55 bits per heavy atom. The van der Waals surface area contributed by atoms with Gasteiger partial charge in [-0.25, -0.2) is 4.39 Å². The lowest BCUT2D eigenvalue weighted by atomic mass is 9.84. The van der Waals surface area contributed by atoms with Crippen LogP contribution in [0.25, 0.3) is 11.3 Å². The van der Waals surface area contributed by atoms with Crippen molar-refractivity contribution in [3.8, 4) is 11.3 Å². The van der Waals surface area contributed by atoms with Gasteiger partial charge in [0.2, 0.25) is 5.91 Å². The highest BCUT2D eigenvalue weighted by atomic mass is 19.1. The molecule has 2 aliphatic rings. The quantitative estimate of drug-likeness (QED) is 0.707. The molecular weight excluding hydrogens is 423 g/mol. The first-order valence-corrected chi connectivity index (χ1v) is 11.4. The number of halogens is 1. The highest BCUT2D eigenvalue weighted by molar-refractivity contribution is 6.34. The molecule has 1 aromatic heterocycles. The molecule has 1 saturated carbocycles. The van der Waals surface area contributed by atoms with E-state index in [4.69, 9.17) is 4.98 Å². The van der Waals surface area contributed by atoms with E-state index in [2.05, 4.69) is 5.32 Å². The topological polar surface area (TPSA) is 82.6 Å². The van der Waals surface area contributed by atoms with Crippen molar-refractivity contribution in [1.82, 2.24) is 20.1 Å². The van der Waals surface area contributed by atoms with E-state index in [9.17, 15) is 18.8 Å². The summed E-state index contributed by atoms with van der Waals surface area (Å²) in [6.07, 6.45) is 3.86. The van der Waals surface area contributed by atoms with Gasteiger partial charge < -0.3 is 15.1 Å². The van der Waals surface area contributed by atoms with Crippen molar-refractivity contribution in [2.45, 2.75) is 44.2 Å². The molecule has 1 saturated heterocycles. The number of likely N-dealkylation sites (tertiary alicyclic amines) is 1. The minimum absolute atomic E-state index is 0.0388. The first-order valence-electron chi connectivity index (χ1n) is 11.4. The summed E-state index contributed by atoms with van der Waals surface area (Å²) >= 11 is 0. The molecule has 1 aromatic carbocycles. The summed E-state index contributed by atoms with van der Waals surface area (Å²) in [7, 11) is 3.06. The molecule has 3 amide bonds. The van der Waals surface area contributed by atoms with E-state index in [-0.39, 0.29) is 29.7 Å². The third-order valence-electron chi connectivity index (χ3n) is 6.55. The molecule has 1 aliphatic heterocycles. The van der Waals surface area contributed by atoms with E-state index in [0.29, 0.717) is 30.6 Å². The van der Waals surface area contributed by atoms with Crippen molar-refractivity contribution in [2.75, 3.05) is 20.6 Å². The van der Waals surface area contributed by atoms with Crippen LogP contribution in [-0.4, -0.2) is 65.2 Å². The largest absolute Gasteiger partial charge is 0.343 e. The van der Waals surface area contributed by atoms with E-state index in [0.717, 1.165) is 25.0 Å². The van der Waals surface area contributed by atoms with E-state index in [1.165, 1.54) is 31.1 Å². The maximum absolute atomic E-state index is 13.7. The fourth-order valence-electron chi connectivity index (χ4n) is 4.49. The van der Waals surface area contributed by atoms with E-state index < -0.39 is 11.8 Å². The predicted octanol–water partition coefficient (Wildman–Crippen LogP) is 2.40. The number of benzene rings is 1. The summed E-state index contributed by atoms with van der Waals surface area (Å²) in [4.78, 5) is 45.4. The monoisotopic (exact) mass is 452 g/mol. The molecule has 2 atom stereocenters. The van der Waals surface area contributed by atoms with Crippen LogP contribution in [0.2, 0.25) is 0 Å². The number of aromatic nitrogens is 1. The van der Waals surface area contributed by atoms with Gasteiger partial charge >= 0.3 is 11.8 Å². The van der Waals surface area contributed by atoms with Gasteiger partial charge in [0, 0.05) is 44.2 Å². The summed E-state index contributed by atoms with van der Waals surface area (Å²) < 4.78 is 13.7. The third kappa shape index (κ3) is 5.05. The number of likely N-dealkylation sites (N-methyl/N-ethyl adjacent to an activating group) is 1. The summed E-state index contributed by atoms with van der Waals surface area (Å²) in [5.41, 5.74) is 2.06. The zero-order valence-corrected chi connectivity index (χ0v) is 19.0. The van der Waals surface area contributed by atoms with Crippen LogP contribution in [0.5, 0.6) is 0 Å². The van der Waals surface area contributed by atoms with Gasteiger partial charge in [-0.05, 0) is 43.5 Å². The number of amides is 3. The second-order valence-corrected chi connectivity index (χ2v) is 9.02. The molecule has 8 heteroatoms. The first kappa shape index (κ1) is 22.9. The second-order valence-electron chi connectivity index (χ2n) is 9.02. The maximum Gasteiger partial charge on any atom is 0.311 e.